The lowest BCUT2D eigenvalue weighted by Gasteiger charge is -2.20. The van der Waals surface area contributed by atoms with E-state index in [0.717, 1.165) is 18.9 Å². The van der Waals surface area contributed by atoms with E-state index in [0.29, 0.717) is 4.83 Å². The van der Waals surface area contributed by atoms with Crippen LogP contribution in [-0.2, 0) is 13.0 Å². The van der Waals surface area contributed by atoms with Gasteiger partial charge in [-0.2, -0.15) is 0 Å². The average Bonchev–Trinajstić information content (AvgIpc) is 2.64. The lowest BCUT2D eigenvalue weighted by Crippen LogP contribution is -2.18. The van der Waals surface area contributed by atoms with Crippen molar-refractivity contribution in [2.24, 2.45) is 5.92 Å². The van der Waals surface area contributed by atoms with E-state index in [-0.39, 0.29) is 0 Å². The van der Waals surface area contributed by atoms with Crippen molar-refractivity contribution in [1.29, 1.82) is 0 Å². The molecule has 2 nitrogen and oxygen atoms in total. The molecule has 0 radical (unpaired) electrons. The molecule has 0 aromatic carbocycles. The maximum absolute atomic E-state index is 4.54. The van der Waals surface area contributed by atoms with Gasteiger partial charge in [-0.25, -0.2) is 4.98 Å². The quantitative estimate of drug-likeness (QED) is 0.602. The van der Waals surface area contributed by atoms with Gasteiger partial charge in [-0.3, -0.25) is 0 Å². The van der Waals surface area contributed by atoms with Gasteiger partial charge >= 0.3 is 0 Å². The molecule has 1 aromatic heterocycles. The Morgan fingerprint density at radius 1 is 1.35 bits per heavy atom. The van der Waals surface area contributed by atoms with Gasteiger partial charge in [0.15, 0.2) is 0 Å². The van der Waals surface area contributed by atoms with E-state index in [1.54, 1.807) is 0 Å². The molecule has 1 aliphatic carbocycles. The molecule has 0 saturated heterocycles. The van der Waals surface area contributed by atoms with Gasteiger partial charge in [-0.1, -0.05) is 42.1 Å². The van der Waals surface area contributed by atoms with Crippen LogP contribution in [0.25, 0.3) is 0 Å². The molecule has 0 bridgehead atoms. The van der Waals surface area contributed by atoms with Crippen LogP contribution in [0.3, 0.4) is 0 Å². The van der Waals surface area contributed by atoms with Crippen LogP contribution in [-0.4, -0.2) is 14.4 Å². The van der Waals surface area contributed by atoms with Gasteiger partial charge in [0.05, 0.1) is 0 Å². The largest absolute Gasteiger partial charge is 0.335 e. The number of nitrogens with zero attached hydrogens (tertiary/aromatic N) is 2. The second-order valence-electron chi connectivity index (χ2n) is 5.16. The molecule has 1 heterocycles. The van der Waals surface area contributed by atoms with Crippen molar-refractivity contribution in [2.75, 3.05) is 0 Å². The lowest BCUT2D eigenvalue weighted by atomic mass is 9.96. The van der Waals surface area contributed by atoms with E-state index in [2.05, 4.69) is 38.6 Å². The molecule has 0 aliphatic heterocycles. The third kappa shape index (κ3) is 3.57. The third-order valence-corrected chi connectivity index (χ3v) is 4.98. The zero-order valence-corrected chi connectivity index (χ0v) is 12.3. The molecule has 1 aliphatic rings. The normalized spacial score (nSPS) is 25.8. The number of hydrogen-bond donors (Lipinski definition) is 0. The summed E-state index contributed by atoms with van der Waals surface area (Å²) in [4.78, 5) is 5.23. The summed E-state index contributed by atoms with van der Waals surface area (Å²) < 4.78 is 2.32. The summed E-state index contributed by atoms with van der Waals surface area (Å²) in [6, 6.07) is 0. The molecule has 1 aromatic rings. The Labute approximate surface area is 113 Å². The smallest absolute Gasteiger partial charge is 0.108 e. The van der Waals surface area contributed by atoms with Gasteiger partial charge in [0, 0.05) is 30.2 Å². The molecule has 17 heavy (non-hydrogen) atoms. The monoisotopic (exact) mass is 298 g/mol. The number of rotatable bonds is 4. The highest BCUT2D eigenvalue weighted by Crippen LogP contribution is 2.31. The van der Waals surface area contributed by atoms with Crippen molar-refractivity contribution in [1.82, 2.24) is 9.55 Å². The fourth-order valence-corrected chi connectivity index (χ4v) is 3.55. The number of hydrogen-bond acceptors (Lipinski definition) is 1. The molecule has 1 saturated carbocycles. The fourth-order valence-electron chi connectivity index (χ4n) is 2.78. The van der Waals surface area contributed by atoms with Gasteiger partial charge in [0.25, 0.3) is 0 Å². The number of imidazole rings is 1. The standard InChI is InChI=1S/C14H23BrN2/c1-2-9-17-10-8-16-14(17)11-12-6-4-3-5-7-13(12)15/h8,10,12-13H,2-7,9,11H2,1H3. The van der Waals surface area contributed by atoms with Crippen LogP contribution in [0.2, 0.25) is 0 Å². The molecule has 2 rings (SSSR count). The number of halogens is 1. The SMILES string of the molecule is CCCn1ccnc1CC1CCCCCC1Br. The fraction of sp³-hybridized carbons (Fsp3) is 0.786. The minimum atomic E-state index is 0.691. The second kappa shape index (κ2) is 6.58. The molecule has 0 spiro atoms. The van der Waals surface area contributed by atoms with Crippen LogP contribution in [0.5, 0.6) is 0 Å². The Bertz CT molecular complexity index is 335. The molecule has 3 heteroatoms. The lowest BCUT2D eigenvalue weighted by molar-refractivity contribution is 0.452. The van der Waals surface area contributed by atoms with E-state index < -0.39 is 0 Å². The summed E-state index contributed by atoms with van der Waals surface area (Å²) >= 11 is 3.88. The topological polar surface area (TPSA) is 17.8 Å². The molecule has 1 fully saturated rings. The predicted molar refractivity (Wildman–Crippen MR) is 75.5 cm³/mol. The molecule has 2 unspecified atom stereocenters. The highest BCUT2D eigenvalue weighted by Gasteiger charge is 2.22. The first-order valence-corrected chi connectivity index (χ1v) is 7.87. The van der Waals surface area contributed by atoms with Crippen molar-refractivity contribution in [3.63, 3.8) is 0 Å². The Hall–Kier alpha value is -0.310. The van der Waals surface area contributed by atoms with Crippen LogP contribution in [0.1, 0.15) is 51.3 Å². The summed E-state index contributed by atoms with van der Waals surface area (Å²) in [5.41, 5.74) is 0. The van der Waals surface area contributed by atoms with E-state index in [9.17, 15) is 0 Å². The van der Waals surface area contributed by atoms with E-state index >= 15 is 0 Å². The number of aryl methyl sites for hydroxylation is 1. The Morgan fingerprint density at radius 3 is 3.00 bits per heavy atom. The maximum Gasteiger partial charge on any atom is 0.108 e. The Kier molecular flexibility index (Phi) is 5.08. The second-order valence-corrected chi connectivity index (χ2v) is 6.33. The van der Waals surface area contributed by atoms with Crippen molar-refractivity contribution in [2.45, 2.75) is 63.2 Å². The number of aromatic nitrogens is 2. The molecule has 96 valence electrons. The van der Waals surface area contributed by atoms with Crippen LogP contribution >= 0.6 is 15.9 Å². The molecular formula is C14H23BrN2. The molecular weight excluding hydrogens is 276 g/mol. The first-order chi connectivity index (χ1) is 8.31. The third-order valence-electron chi connectivity index (χ3n) is 3.78. The summed E-state index contributed by atoms with van der Waals surface area (Å²) in [5, 5.41) is 0. The summed E-state index contributed by atoms with van der Waals surface area (Å²) in [5.74, 6) is 2.05. The molecule has 2 atom stereocenters. The highest BCUT2D eigenvalue weighted by atomic mass is 79.9. The van der Waals surface area contributed by atoms with Gasteiger partial charge in [0.1, 0.15) is 5.82 Å². The predicted octanol–water partition coefficient (Wildman–Crippen LogP) is 4.18. The van der Waals surface area contributed by atoms with Gasteiger partial charge in [-0.05, 0) is 25.2 Å². The van der Waals surface area contributed by atoms with Gasteiger partial charge < -0.3 is 4.57 Å². The van der Waals surface area contributed by atoms with Crippen LogP contribution in [0.15, 0.2) is 12.4 Å². The Balaban J connectivity index is 2.00. The van der Waals surface area contributed by atoms with Crippen molar-refractivity contribution >= 4 is 15.9 Å². The Morgan fingerprint density at radius 2 is 2.18 bits per heavy atom. The first-order valence-electron chi connectivity index (χ1n) is 6.95. The van der Waals surface area contributed by atoms with E-state index in [4.69, 9.17) is 0 Å². The minimum absolute atomic E-state index is 0.691. The maximum atomic E-state index is 4.54. The van der Waals surface area contributed by atoms with Crippen molar-refractivity contribution in [3.8, 4) is 0 Å². The van der Waals surface area contributed by atoms with Gasteiger partial charge in [0.2, 0.25) is 0 Å². The van der Waals surface area contributed by atoms with Gasteiger partial charge in [-0.15, -0.1) is 0 Å². The van der Waals surface area contributed by atoms with Crippen molar-refractivity contribution < 1.29 is 0 Å². The van der Waals surface area contributed by atoms with Crippen LogP contribution in [0.4, 0.5) is 0 Å². The van der Waals surface area contributed by atoms with E-state index in [1.807, 2.05) is 6.20 Å². The summed E-state index contributed by atoms with van der Waals surface area (Å²) in [6.07, 6.45) is 13.3. The molecule has 0 N–H and O–H groups in total. The first kappa shape index (κ1) is 13.1. The zero-order valence-electron chi connectivity index (χ0n) is 10.7. The minimum Gasteiger partial charge on any atom is -0.335 e. The number of alkyl halides is 1. The zero-order chi connectivity index (χ0) is 12.1. The van der Waals surface area contributed by atoms with Crippen LogP contribution in [0, 0.1) is 5.92 Å². The molecule has 0 amide bonds. The average molecular weight is 299 g/mol. The summed E-state index contributed by atoms with van der Waals surface area (Å²) in [7, 11) is 0. The summed E-state index contributed by atoms with van der Waals surface area (Å²) in [6.45, 7) is 3.33. The van der Waals surface area contributed by atoms with Crippen molar-refractivity contribution in [3.05, 3.63) is 18.2 Å². The highest BCUT2D eigenvalue weighted by molar-refractivity contribution is 9.09. The van der Waals surface area contributed by atoms with E-state index in [1.165, 1.54) is 44.3 Å². The van der Waals surface area contributed by atoms with Crippen LogP contribution < -0.4 is 0 Å².